The molecule has 0 radical (unpaired) electrons. The third kappa shape index (κ3) is 3.90. The molecular formula is C18H17ClF2N2O2. The van der Waals surface area contributed by atoms with Crippen LogP contribution in [0.1, 0.15) is 34.0 Å². The van der Waals surface area contributed by atoms with Crippen molar-refractivity contribution < 1.29 is 18.3 Å². The first kappa shape index (κ1) is 17.6. The minimum atomic E-state index is -2.88. The monoisotopic (exact) mass is 366 g/mol. The fraction of sp³-hybridized carbons (Fsp3) is 0.333. The number of carbonyl (C=O) groups is 1. The molecule has 0 aliphatic carbocycles. The van der Waals surface area contributed by atoms with E-state index in [9.17, 15) is 13.6 Å². The molecule has 0 N–H and O–H groups in total. The van der Waals surface area contributed by atoms with E-state index in [-0.39, 0.29) is 5.91 Å². The molecule has 1 aliphatic heterocycles. The van der Waals surface area contributed by atoms with Crippen molar-refractivity contribution in [3.05, 3.63) is 57.9 Å². The van der Waals surface area contributed by atoms with Gasteiger partial charge < -0.3 is 9.64 Å². The van der Waals surface area contributed by atoms with Crippen LogP contribution in [0.2, 0.25) is 5.15 Å². The summed E-state index contributed by atoms with van der Waals surface area (Å²) >= 11 is 6.05. The molecular weight excluding hydrogens is 350 g/mol. The summed E-state index contributed by atoms with van der Waals surface area (Å²) < 4.78 is 31.0. The van der Waals surface area contributed by atoms with Gasteiger partial charge in [0.25, 0.3) is 11.8 Å². The molecule has 0 spiro atoms. The van der Waals surface area contributed by atoms with Crippen LogP contribution >= 0.6 is 11.6 Å². The fourth-order valence-electron chi connectivity index (χ4n) is 2.78. The van der Waals surface area contributed by atoms with Crippen molar-refractivity contribution in [1.29, 1.82) is 0 Å². The third-order valence-electron chi connectivity index (χ3n) is 3.96. The molecule has 1 amide bonds. The number of hydrogen-bond donors (Lipinski definition) is 0. The highest BCUT2D eigenvalue weighted by Gasteiger charge is 2.29. The van der Waals surface area contributed by atoms with Gasteiger partial charge in [0.15, 0.2) is 6.61 Å². The lowest BCUT2D eigenvalue weighted by Crippen LogP contribution is -2.23. The molecule has 4 nitrogen and oxygen atoms in total. The molecule has 1 aliphatic rings. The number of fused-ring (bicyclic) bond motifs is 1. The second-order valence-corrected chi connectivity index (χ2v) is 6.61. The van der Waals surface area contributed by atoms with Crippen molar-refractivity contribution in [2.24, 2.45) is 0 Å². The van der Waals surface area contributed by atoms with E-state index < -0.39 is 12.5 Å². The number of aromatic nitrogens is 1. The molecule has 0 unspecified atom stereocenters. The van der Waals surface area contributed by atoms with Crippen molar-refractivity contribution in [2.75, 3.05) is 6.61 Å². The summed E-state index contributed by atoms with van der Waals surface area (Å²) in [5, 5.41) is 0.341. The highest BCUT2D eigenvalue weighted by Crippen LogP contribution is 2.29. The van der Waals surface area contributed by atoms with Gasteiger partial charge in [0.2, 0.25) is 0 Å². The maximum Gasteiger partial charge on any atom is 0.278 e. The van der Waals surface area contributed by atoms with Crippen molar-refractivity contribution in [2.45, 2.75) is 32.9 Å². The van der Waals surface area contributed by atoms with Crippen LogP contribution in [0.5, 0.6) is 5.75 Å². The Bertz CT molecular complexity index is 821. The molecule has 1 aromatic heterocycles. The summed E-state index contributed by atoms with van der Waals surface area (Å²) in [6.45, 7) is 2.73. The number of carbonyl (C=O) groups excluding carboxylic acids is 1. The van der Waals surface area contributed by atoms with Gasteiger partial charge in [-0.15, -0.1) is 0 Å². The van der Waals surface area contributed by atoms with Crippen molar-refractivity contribution >= 4 is 17.5 Å². The van der Waals surface area contributed by atoms with Crippen LogP contribution in [0.25, 0.3) is 0 Å². The lowest BCUT2D eigenvalue weighted by atomic mass is 10.1. The molecule has 2 aromatic rings. The summed E-state index contributed by atoms with van der Waals surface area (Å²) in [4.78, 5) is 18.1. The van der Waals surface area contributed by atoms with E-state index in [1.807, 2.05) is 6.07 Å². The average molecular weight is 367 g/mol. The number of pyridine rings is 1. The van der Waals surface area contributed by atoms with Crippen molar-refractivity contribution in [3.63, 3.8) is 0 Å². The smallest absolute Gasteiger partial charge is 0.278 e. The van der Waals surface area contributed by atoms with E-state index >= 15 is 0 Å². The number of benzene rings is 1. The summed E-state index contributed by atoms with van der Waals surface area (Å²) in [5.41, 5.74) is 2.93. The Morgan fingerprint density at radius 3 is 2.76 bits per heavy atom. The lowest BCUT2D eigenvalue weighted by molar-refractivity contribution is -0.0231. The number of amides is 1. The molecule has 25 heavy (non-hydrogen) atoms. The van der Waals surface area contributed by atoms with E-state index in [1.165, 1.54) is 6.20 Å². The average Bonchev–Trinajstić information content (AvgIpc) is 2.84. The third-order valence-corrected chi connectivity index (χ3v) is 4.29. The maximum atomic E-state index is 12.9. The summed E-state index contributed by atoms with van der Waals surface area (Å²) in [5.74, 6) is -2.57. The van der Waals surface area contributed by atoms with Gasteiger partial charge in [-0.1, -0.05) is 23.7 Å². The predicted molar refractivity (Wildman–Crippen MR) is 90.1 cm³/mol. The van der Waals surface area contributed by atoms with E-state index in [1.54, 1.807) is 30.0 Å². The van der Waals surface area contributed by atoms with Crippen LogP contribution in [-0.4, -0.2) is 28.3 Å². The molecule has 7 heteroatoms. The van der Waals surface area contributed by atoms with Crippen LogP contribution in [0.4, 0.5) is 8.78 Å². The second kappa shape index (κ2) is 6.59. The van der Waals surface area contributed by atoms with Gasteiger partial charge in [-0.05, 0) is 30.2 Å². The summed E-state index contributed by atoms with van der Waals surface area (Å²) in [7, 11) is 0. The van der Waals surface area contributed by atoms with Gasteiger partial charge in [0.05, 0.1) is 6.54 Å². The van der Waals surface area contributed by atoms with E-state index in [4.69, 9.17) is 16.3 Å². The number of aryl methyl sites for hydroxylation is 1. The highest BCUT2D eigenvalue weighted by atomic mass is 35.5. The van der Waals surface area contributed by atoms with Crippen LogP contribution in [-0.2, 0) is 13.1 Å². The normalized spacial score (nSPS) is 14.0. The van der Waals surface area contributed by atoms with Gasteiger partial charge in [-0.25, -0.2) is 13.8 Å². The largest absolute Gasteiger partial charge is 0.487 e. The predicted octanol–water partition coefficient (Wildman–Crippen LogP) is 4.23. The van der Waals surface area contributed by atoms with Gasteiger partial charge in [0.1, 0.15) is 10.9 Å². The Morgan fingerprint density at radius 1 is 1.36 bits per heavy atom. The first-order valence-corrected chi connectivity index (χ1v) is 8.15. The zero-order valence-corrected chi connectivity index (χ0v) is 14.6. The molecule has 132 valence electrons. The quantitative estimate of drug-likeness (QED) is 0.743. The molecule has 0 fully saturated rings. The van der Waals surface area contributed by atoms with Gasteiger partial charge in [-0.2, -0.15) is 0 Å². The highest BCUT2D eigenvalue weighted by molar-refractivity contribution is 6.30. The Morgan fingerprint density at radius 2 is 2.12 bits per heavy atom. The minimum absolute atomic E-state index is 0.0945. The SMILES string of the molecule is Cc1cc(CN2Cc3c(ccnc3Cl)C2=O)ccc1OCC(C)(F)F. The number of alkyl halides is 2. The zero-order chi connectivity index (χ0) is 18.2. The summed E-state index contributed by atoms with van der Waals surface area (Å²) in [6.07, 6.45) is 1.52. The Labute approximate surface area is 149 Å². The number of halogens is 3. The number of rotatable bonds is 5. The molecule has 0 atom stereocenters. The van der Waals surface area contributed by atoms with E-state index in [0.717, 1.165) is 23.6 Å². The number of ether oxygens (including phenoxy) is 1. The molecule has 0 saturated carbocycles. The molecule has 2 heterocycles. The van der Waals surface area contributed by atoms with E-state index in [0.29, 0.717) is 29.6 Å². The number of hydrogen-bond acceptors (Lipinski definition) is 3. The Balaban J connectivity index is 1.71. The second-order valence-electron chi connectivity index (χ2n) is 6.25. The van der Waals surface area contributed by atoms with E-state index in [2.05, 4.69) is 4.98 Å². The van der Waals surface area contributed by atoms with Crippen molar-refractivity contribution in [3.8, 4) is 5.75 Å². The Hall–Kier alpha value is -2.21. The maximum absolute atomic E-state index is 12.9. The zero-order valence-electron chi connectivity index (χ0n) is 13.9. The first-order chi connectivity index (χ1) is 11.7. The van der Waals surface area contributed by atoms with Crippen LogP contribution in [0.3, 0.4) is 0 Å². The fourth-order valence-corrected chi connectivity index (χ4v) is 2.99. The molecule has 0 saturated heterocycles. The standard InChI is InChI=1S/C18H17ClF2N2O2/c1-11-7-12(3-4-15(11)25-10-18(2,20)21)8-23-9-14-13(17(23)24)5-6-22-16(14)19/h3-7H,8-10H2,1-2H3. The van der Waals surface area contributed by atoms with Gasteiger partial charge in [0, 0.05) is 30.8 Å². The van der Waals surface area contributed by atoms with Crippen molar-refractivity contribution in [1.82, 2.24) is 9.88 Å². The first-order valence-electron chi connectivity index (χ1n) is 7.77. The van der Waals surface area contributed by atoms with Gasteiger partial charge in [-0.3, -0.25) is 4.79 Å². The summed E-state index contributed by atoms with van der Waals surface area (Å²) in [6, 6.07) is 6.92. The van der Waals surface area contributed by atoms with Crippen LogP contribution < -0.4 is 4.74 Å². The van der Waals surface area contributed by atoms with Crippen LogP contribution in [0.15, 0.2) is 30.5 Å². The molecule has 1 aromatic carbocycles. The topological polar surface area (TPSA) is 42.4 Å². The van der Waals surface area contributed by atoms with Crippen LogP contribution in [0, 0.1) is 6.92 Å². The van der Waals surface area contributed by atoms with Gasteiger partial charge >= 0.3 is 0 Å². The molecule has 3 rings (SSSR count). The Kier molecular flexibility index (Phi) is 4.64. The number of nitrogens with zero attached hydrogens (tertiary/aromatic N) is 2. The minimum Gasteiger partial charge on any atom is -0.487 e. The lowest BCUT2D eigenvalue weighted by Gasteiger charge is -2.18. The molecule has 0 bridgehead atoms.